The largest absolute Gasteiger partial charge is 0.457 e. The van der Waals surface area contributed by atoms with E-state index in [1.165, 1.54) is 31.4 Å². The molecule has 2 aromatic carbocycles. The number of nitrogens with zero attached hydrogens (tertiary/aromatic N) is 6. The van der Waals surface area contributed by atoms with Crippen LogP contribution < -0.4 is 9.68 Å². The first kappa shape index (κ1) is 21.2. The van der Waals surface area contributed by atoms with Crippen molar-refractivity contribution in [2.45, 2.75) is 38.0 Å². The molecule has 0 saturated heterocycles. The van der Waals surface area contributed by atoms with Gasteiger partial charge in [0.2, 0.25) is 0 Å². The molecule has 6 rings (SSSR count). The average molecular weight is 471 g/mol. The second kappa shape index (κ2) is 9.13. The first-order chi connectivity index (χ1) is 17.3. The number of aromatic amines is 1. The van der Waals surface area contributed by atoms with Crippen LogP contribution in [0.2, 0.25) is 0 Å². The summed E-state index contributed by atoms with van der Waals surface area (Å²) in [4.78, 5) is 8.46. The third kappa shape index (κ3) is 4.07. The van der Waals surface area contributed by atoms with E-state index in [0.717, 1.165) is 40.9 Å². The fourth-order valence-corrected chi connectivity index (χ4v) is 4.78. The predicted molar refractivity (Wildman–Crippen MR) is 126 cm³/mol. The Hall–Kier alpha value is -4.34. The minimum atomic E-state index is 0.132. The molecule has 3 aromatic heterocycles. The third-order valence-electron chi connectivity index (χ3n) is 6.47. The van der Waals surface area contributed by atoms with Crippen LogP contribution in [-0.2, 0) is 0 Å². The van der Waals surface area contributed by atoms with Gasteiger partial charge in [-0.25, -0.2) is 14.6 Å². The van der Waals surface area contributed by atoms with Crippen LogP contribution in [-0.4, -0.2) is 35.2 Å². The molecule has 0 bridgehead atoms. The van der Waals surface area contributed by atoms with Crippen molar-refractivity contribution >= 4 is 5.65 Å². The van der Waals surface area contributed by atoms with Crippen molar-refractivity contribution in [3.8, 4) is 39.8 Å². The molecule has 0 radical (unpaired) electrons. The van der Waals surface area contributed by atoms with Gasteiger partial charge < -0.3 is 4.74 Å². The summed E-state index contributed by atoms with van der Waals surface area (Å²) in [7, 11) is 0. The highest BCUT2D eigenvalue weighted by Gasteiger charge is 2.25. The van der Waals surface area contributed by atoms with Gasteiger partial charge in [0.05, 0.1) is 17.5 Å². The van der Waals surface area contributed by atoms with Gasteiger partial charge in [-0.3, -0.25) is 4.94 Å². The van der Waals surface area contributed by atoms with Crippen molar-refractivity contribution in [2.24, 2.45) is 0 Å². The number of ether oxygens (including phenoxy) is 1. The molecule has 0 amide bonds. The van der Waals surface area contributed by atoms with Gasteiger partial charge in [-0.15, -0.1) is 5.10 Å². The van der Waals surface area contributed by atoms with Crippen molar-refractivity contribution in [2.75, 3.05) is 0 Å². The van der Waals surface area contributed by atoms with Gasteiger partial charge in [0, 0.05) is 22.2 Å². The van der Waals surface area contributed by atoms with E-state index in [2.05, 4.69) is 25.6 Å². The van der Waals surface area contributed by atoms with Gasteiger partial charge in [0.15, 0.2) is 17.2 Å². The summed E-state index contributed by atoms with van der Waals surface area (Å²) in [6.45, 7) is 0. The summed E-state index contributed by atoms with van der Waals surface area (Å²) in [5.41, 5.74) is 4.74. The van der Waals surface area contributed by atoms with Crippen LogP contribution >= 0.6 is 0 Å². The van der Waals surface area contributed by atoms with Gasteiger partial charge in [0.25, 0.3) is 0 Å². The lowest BCUT2D eigenvalue weighted by atomic mass is 9.84. The van der Waals surface area contributed by atoms with Crippen molar-refractivity contribution in [3.05, 3.63) is 66.6 Å². The number of aromatic nitrogens is 7. The van der Waals surface area contributed by atoms with Crippen molar-refractivity contribution in [1.29, 1.82) is 0 Å². The SMILES string of the molecule is FOc1ccc(Oc2ccc(-c3cnc4c(-c5nnn[nH]5)cnn4c3C3CCCCC3)cc2)cc1. The van der Waals surface area contributed by atoms with E-state index in [4.69, 9.17) is 14.8 Å². The molecule has 10 heteroatoms. The maximum Gasteiger partial charge on any atom is 0.184 e. The summed E-state index contributed by atoms with van der Waals surface area (Å²) in [6.07, 6.45) is 9.57. The summed E-state index contributed by atoms with van der Waals surface area (Å²) >= 11 is 0. The van der Waals surface area contributed by atoms with Crippen LogP contribution in [0.1, 0.15) is 43.7 Å². The molecule has 1 saturated carbocycles. The molecule has 1 fully saturated rings. The summed E-state index contributed by atoms with van der Waals surface area (Å²) < 4.78 is 20.1. The molecule has 0 unspecified atom stereocenters. The lowest BCUT2D eigenvalue weighted by Gasteiger charge is -2.25. The molecule has 1 aliphatic carbocycles. The lowest BCUT2D eigenvalue weighted by Crippen LogP contribution is -2.12. The number of halogens is 1. The van der Waals surface area contributed by atoms with E-state index < -0.39 is 0 Å². The minimum absolute atomic E-state index is 0.132. The maximum absolute atomic E-state index is 12.3. The number of fused-ring (bicyclic) bond motifs is 1. The fourth-order valence-electron chi connectivity index (χ4n) is 4.78. The van der Waals surface area contributed by atoms with Crippen molar-refractivity contribution in [1.82, 2.24) is 35.2 Å². The van der Waals surface area contributed by atoms with E-state index in [9.17, 15) is 4.53 Å². The molecule has 3 heterocycles. The zero-order valence-corrected chi connectivity index (χ0v) is 18.8. The van der Waals surface area contributed by atoms with Crippen LogP contribution in [0.3, 0.4) is 0 Å². The Morgan fingerprint density at radius 1 is 0.857 bits per heavy atom. The molecule has 0 spiro atoms. The molecule has 5 aromatic rings. The topological polar surface area (TPSA) is 103 Å². The Morgan fingerprint density at radius 3 is 2.26 bits per heavy atom. The molecule has 0 aliphatic heterocycles. The summed E-state index contributed by atoms with van der Waals surface area (Å²) in [6, 6.07) is 14.2. The van der Waals surface area contributed by atoms with Crippen molar-refractivity contribution in [3.63, 3.8) is 0 Å². The molecular weight excluding hydrogens is 449 g/mol. The number of rotatable bonds is 6. The molecule has 1 aliphatic rings. The highest BCUT2D eigenvalue weighted by atomic mass is 19.3. The molecule has 35 heavy (non-hydrogen) atoms. The van der Waals surface area contributed by atoms with Crippen LogP contribution in [0, 0.1) is 0 Å². The monoisotopic (exact) mass is 471 g/mol. The van der Waals surface area contributed by atoms with E-state index in [0.29, 0.717) is 23.2 Å². The van der Waals surface area contributed by atoms with Gasteiger partial charge in [-0.05, 0) is 65.2 Å². The van der Waals surface area contributed by atoms with Gasteiger partial charge in [0.1, 0.15) is 11.5 Å². The standard InChI is InChI=1S/C25H22FN7O2/c26-35-20-12-10-19(11-13-20)34-18-8-6-16(7-9-18)21-14-27-25-22(24-29-31-32-30-24)15-28-33(25)23(21)17-4-2-1-3-5-17/h6-15,17H,1-5H2,(H,29,30,31,32). The molecule has 0 atom stereocenters. The first-order valence-corrected chi connectivity index (χ1v) is 11.6. The first-order valence-electron chi connectivity index (χ1n) is 11.6. The Balaban J connectivity index is 1.37. The normalized spacial score (nSPS) is 14.3. The van der Waals surface area contributed by atoms with Gasteiger partial charge in [-0.1, -0.05) is 31.4 Å². The Kier molecular flexibility index (Phi) is 5.53. The Morgan fingerprint density at radius 2 is 1.57 bits per heavy atom. The zero-order valence-electron chi connectivity index (χ0n) is 18.8. The quantitative estimate of drug-likeness (QED) is 0.340. The number of benzene rings is 2. The van der Waals surface area contributed by atoms with Gasteiger partial charge in [-0.2, -0.15) is 5.10 Å². The average Bonchev–Trinajstić information content (AvgIpc) is 3.60. The summed E-state index contributed by atoms with van der Waals surface area (Å²) in [5, 5.41) is 18.9. The maximum atomic E-state index is 12.3. The molecule has 9 nitrogen and oxygen atoms in total. The molecule has 176 valence electrons. The highest BCUT2D eigenvalue weighted by molar-refractivity contribution is 5.75. The predicted octanol–water partition coefficient (Wildman–Crippen LogP) is 5.68. The number of H-pyrrole nitrogens is 1. The zero-order chi connectivity index (χ0) is 23.6. The smallest absolute Gasteiger partial charge is 0.184 e. The molecule has 1 N–H and O–H groups in total. The minimum Gasteiger partial charge on any atom is -0.457 e. The second-order valence-corrected chi connectivity index (χ2v) is 8.61. The number of hydrogen-bond donors (Lipinski definition) is 1. The second-order valence-electron chi connectivity index (χ2n) is 8.61. The van der Waals surface area contributed by atoms with E-state index in [1.807, 2.05) is 35.0 Å². The third-order valence-corrected chi connectivity index (χ3v) is 6.47. The van der Waals surface area contributed by atoms with Crippen LogP contribution in [0.5, 0.6) is 17.2 Å². The molecular formula is C25H22FN7O2. The van der Waals surface area contributed by atoms with Crippen molar-refractivity contribution < 1.29 is 14.2 Å². The van der Waals surface area contributed by atoms with E-state index in [-0.39, 0.29) is 5.75 Å². The van der Waals surface area contributed by atoms with Crippen LogP contribution in [0.4, 0.5) is 4.53 Å². The number of tetrazole rings is 1. The van der Waals surface area contributed by atoms with Crippen LogP contribution in [0.15, 0.2) is 60.9 Å². The van der Waals surface area contributed by atoms with Gasteiger partial charge >= 0.3 is 0 Å². The van der Waals surface area contributed by atoms with Crippen LogP contribution in [0.25, 0.3) is 28.2 Å². The highest BCUT2D eigenvalue weighted by Crippen LogP contribution is 2.39. The Bertz CT molecular complexity index is 1430. The summed E-state index contributed by atoms with van der Waals surface area (Å²) in [5.74, 6) is 2.33. The van der Waals surface area contributed by atoms with E-state index >= 15 is 0 Å². The lowest BCUT2D eigenvalue weighted by molar-refractivity contribution is -0.00624. The Labute approximate surface area is 199 Å². The number of nitrogens with one attached hydrogen (secondary N) is 1. The van der Waals surface area contributed by atoms with E-state index in [1.54, 1.807) is 18.3 Å². The number of hydrogen-bond acceptors (Lipinski definition) is 7. The fraction of sp³-hybridized carbons (Fsp3) is 0.240.